The van der Waals surface area contributed by atoms with Crippen molar-refractivity contribution in [3.63, 3.8) is 0 Å². The van der Waals surface area contributed by atoms with Crippen molar-refractivity contribution in [3.05, 3.63) is 60.2 Å². The van der Waals surface area contributed by atoms with Gasteiger partial charge in [-0.05, 0) is 61.5 Å². The van der Waals surface area contributed by atoms with Gasteiger partial charge in [-0.25, -0.2) is 0 Å². The van der Waals surface area contributed by atoms with Crippen molar-refractivity contribution in [1.29, 1.82) is 0 Å². The molecule has 3 aliphatic rings. The number of benzene rings is 1. The van der Waals surface area contributed by atoms with E-state index in [0.717, 1.165) is 24.0 Å². The molecule has 1 aliphatic carbocycles. The van der Waals surface area contributed by atoms with Crippen LogP contribution in [0.15, 0.2) is 54.6 Å². The van der Waals surface area contributed by atoms with E-state index in [9.17, 15) is 14.7 Å². The van der Waals surface area contributed by atoms with Crippen LogP contribution in [0, 0.1) is 29.1 Å². The van der Waals surface area contributed by atoms with E-state index in [0.29, 0.717) is 32.0 Å². The molecule has 0 amide bonds. The number of esters is 1. The first-order valence-corrected chi connectivity index (χ1v) is 14.1. The fourth-order valence-electron chi connectivity index (χ4n) is 6.68. The van der Waals surface area contributed by atoms with Crippen LogP contribution in [0.2, 0.25) is 0 Å². The van der Waals surface area contributed by atoms with Gasteiger partial charge in [0.25, 0.3) is 0 Å². The number of ketones is 1. The van der Waals surface area contributed by atoms with Crippen LogP contribution in [0.25, 0.3) is 0 Å². The Balaban J connectivity index is 1.56. The summed E-state index contributed by atoms with van der Waals surface area (Å²) in [6, 6.07) is 10.1. The number of hydrogen-bond donors (Lipinski definition) is 1. The second kappa shape index (κ2) is 11.8. The van der Waals surface area contributed by atoms with E-state index in [-0.39, 0.29) is 42.7 Å². The molecule has 0 aromatic heterocycles. The molecule has 2 heterocycles. The summed E-state index contributed by atoms with van der Waals surface area (Å²) in [6.07, 6.45) is 6.13. The SMILES string of the molecule is C=C[C@@H](C)C[C@@H](C)[C@@H]1CC(=O)[C@]2(C)C(=O)O[C@]3(C[C@H](C)C(CO)=C[C@@H]3CCCOCc3ccccc3)[C@@H]2O1. The van der Waals surface area contributed by atoms with Crippen LogP contribution in [0.4, 0.5) is 0 Å². The molecule has 2 saturated heterocycles. The monoisotopic (exact) mass is 524 g/mol. The Morgan fingerprint density at radius 3 is 2.66 bits per heavy atom. The third-order valence-corrected chi connectivity index (χ3v) is 9.13. The van der Waals surface area contributed by atoms with E-state index in [4.69, 9.17) is 14.2 Å². The maximum atomic E-state index is 13.6. The number of aliphatic hydroxyl groups excluding tert-OH is 1. The average Bonchev–Trinajstić information content (AvgIpc) is 3.12. The third-order valence-electron chi connectivity index (χ3n) is 9.13. The molecule has 4 rings (SSSR count). The highest BCUT2D eigenvalue weighted by Crippen LogP contribution is 2.57. The second-order valence-corrected chi connectivity index (χ2v) is 11.9. The van der Waals surface area contributed by atoms with E-state index in [1.165, 1.54) is 0 Å². The Labute approximate surface area is 227 Å². The predicted molar refractivity (Wildman–Crippen MR) is 146 cm³/mol. The molecular formula is C32H44O6. The van der Waals surface area contributed by atoms with E-state index in [1.807, 2.05) is 43.3 Å². The maximum absolute atomic E-state index is 13.6. The number of hydrogen-bond acceptors (Lipinski definition) is 6. The van der Waals surface area contributed by atoms with Gasteiger partial charge in [-0.1, -0.05) is 63.3 Å². The van der Waals surface area contributed by atoms with Crippen molar-refractivity contribution < 1.29 is 28.9 Å². The minimum atomic E-state index is -1.31. The maximum Gasteiger partial charge on any atom is 0.322 e. The Bertz CT molecular complexity index is 1030. The van der Waals surface area contributed by atoms with Crippen molar-refractivity contribution in [1.82, 2.24) is 0 Å². The quantitative estimate of drug-likeness (QED) is 0.180. The van der Waals surface area contributed by atoms with Crippen molar-refractivity contribution in [2.75, 3.05) is 13.2 Å². The largest absolute Gasteiger partial charge is 0.455 e. The zero-order valence-corrected chi connectivity index (χ0v) is 23.4. The molecule has 1 aromatic carbocycles. The van der Waals surface area contributed by atoms with Crippen LogP contribution in [-0.2, 0) is 30.4 Å². The lowest BCUT2D eigenvalue weighted by Gasteiger charge is -2.49. The summed E-state index contributed by atoms with van der Waals surface area (Å²) in [5, 5.41) is 10.1. The number of aliphatic hydroxyl groups is 1. The number of carbonyl (C=O) groups excluding carboxylic acids is 2. The summed E-state index contributed by atoms with van der Waals surface area (Å²) in [5.41, 5.74) is -0.186. The van der Waals surface area contributed by atoms with Crippen LogP contribution < -0.4 is 0 Å². The molecule has 38 heavy (non-hydrogen) atoms. The molecule has 208 valence electrons. The molecule has 0 saturated carbocycles. The molecule has 1 aromatic rings. The number of carbonyl (C=O) groups is 2. The van der Waals surface area contributed by atoms with Gasteiger partial charge in [-0.15, -0.1) is 6.58 Å². The first kappa shape index (κ1) is 28.7. The standard InChI is InChI=1S/C32H44O6/c1-6-21(2)15-22(3)27-17-28(34)31(5)29(37-27)32(38-30(31)35)18-23(4)25(19-33)16-26(32)13-10-14-36-20-24-11-8-7-9-12-24/h6-9,11-12,16,21-23,26-27,29,33H,1,10,13-15,17-20H2,2-5H3/t21-,22-,23+,26+,27+,29-,31+,32+/m1/s1. The van der Waals surface area contributed by atoms with Crippen LogP contribution in [0.1, 0.15) is 65.4 Å². The summed E-state index contributed by atoms with van der Waals surface area (Å²) >= 11 is 0. The highest BCUT2D eigenvalue weighted by atomic mass is 16.6. The number of Topliss-reactive ketones (excluding diaryl/α,β-unsaturated/α-hetero) is 1. The Morgan fingerprint density at radius 2 is 1.97 bits per heavy atom. The number of rotatable bonds is 11. The van der Waals surface area contributed by atoms with Crippen molar-refractivity contribution in [2.45, 2.75) is 84.2 Å². The summed E-state index contributed by atoms with van der Waals surface area (Å²) in [7, 11) is 0. The zero-order chi connectivity index (χ0) is 27.5. The van der Waals surface area contributed by atoms with Gasteiger partial charge < -0.3 is 19.3 Å². The predicted octanol–water partition coefficient (Wildman–Crippen LogP) is 5.43. The summed E-state index contributed by atoms with van der Waals surface area (Å²) in [5.74, 6) is -0.284. The minimum Gasteiger partial charge on any atom is -0.455 e. The Hall–Kier alpha value is -2.28. The summed E-state index contributed by atoms with van der Waals surface area (Å²) < 4.78 is 19.0. The van der Waals surface area contributed by atoms with Gasteiger partial charge in [0.15, 0.2) is 11.2 Å². The molecule has 0 bridgehead atoms. The first-order chi connectivity index (χ1) is 18.2. The van der Waals surface area contributed by atoms with Crippen LogP contribution in [0.3, 0.4) is 0 Å². The number of ether oxygens (including phenoxy) is 3. The molecular weight excluding hydrogens is 480 g/mol. The molecule has 1 spiro atoms. The van der Waals surface area contributed by atoms with Crippen molar-refractivity contribution in [2.24, 2.45) is 29.1 Å². The first-order valence-electron chi connectivity index (χ1n) is 14.1. The summed E-state index contributed by atoms with van der Waals surface area (Å²) in [4.78, 5) is 27.0. The smallest absolute Gasteiger partial charge is 0.322 e. The highest BCUT2D eigenvalue weighted by Gasteiger charge is 2.71. The summed E-state index contributed by atoms with van der Waals surface area (Å²) in [6.45, 7) is 12.9. The lowest BCUT2D eigenvalue weighted by molar-refractivity contribution is -0.188. The number of allylic oxidation sites excluding steroid dienone is 1. The van der Waals surface area contributed by atoms with Gasteiger partial charge in [0.1, 0.15) is 11.7 Å². The molecule has 0 radical (unpaired) electrons. The van der Waals surface area contributed by atoms with Gasteiger partial charge in [-0.2, -0.15) is 0 Å². The van der Waals surface area contributed by atoms with Crippen LogP contribution in [-0.4, -0.2) is 47.9 Å². The van der Waals surface area contributed by atoms with Crippen molar-refractivity contribution >= 4 is 11.8 Å². The average molecular weight is 525 g/mol. The van der Waals surface area contributed by atoms with Gasteiger partial charge in [0, 0.05) is 18.9 Å². The van der Waals surface area contributed by atoms with Gasteiger partial charge >= 0.3 is 5.97 Å². The Morgan fingerprint density at radius 1 is 1.24 bits per heavy atom. The fraction of sp³-hybridized carbons (Fsp3) is 0.625. The molecule has 0 unspecified atom stereocenters. The fourth-order valence-corrected chi connectivity index (χ4v) is 6.68. The molecule has 1 N–H and O–H groups in total. The lowest BCUT2D eigenvalue weighted by atomic mass is 9.62. The van der Waals surface area contributed by atoms with E-state index >= 15 is 0 Å². The second-order valence-electron chi connectivity index (χ2n) is 11.9. The third kappa shape index (κ3) is 5.41. The molecule has 8 atom stereocenters. The lowest BCUT2D eigenvalue weighted by Crippen LogP contribution is -2.60. The van der Waals surface area contributed by atoms with Crippen molar-refractivity contribution in [3.8, 4) is 0 Å². The molecule has 2 fully saturated rings. The van der Waals surface area contributed by atoms with Crippen LogP contribution in [0.5, 0.6) is 0 Å². The topological polar surface area (TPSA) is 82.1 Å². The van der Waals surface area contributed by atoms with E-state index < -0.39 is 23.1 Å². The number of fused-ring (bicyclic) bond motifs is 2. The van der Waals surface area contributed by atoms with Crippen LogP contribution >= 0.6 is 0 Å². The normalized spacial score (nSPS) is 34.4. The minimum absolute atomic E-state index is 0.0121. The molecule has 2 aliphatic heterocycles. The van der Waals surface area contributed by atoms with Gasteiger partial charge in [0.05, 0.1) is 19.3 Å². The van der Waals surface area contributed by atoms with E-state index in [2.05, 4.69) is 26.5 Å². The molecule has 6 nitrogen and oxygen atoms in total. The van der Waals surface area contributed by atoms with E-state index in [1.54, 1.807) is 6.92 Å². The molecule has 6 heteroatoms. The Kier molecular flexibility index (Phi) is 8.96. The highest BCUT2D eigenvalue weighted by molar-refractivity contribution is 6.06. The zero-order valence-electron chi connectivity index (χ0n) is 23.4. The van der Waals surface area contributed by atoms with Gasteiger partial charge in [-0.3, -0.25) is 9.59 Å². The van der Waals surface area contributed by atoms with Gasteiger partial charge in [0.2, 0.25) is 0 Å².